The minimum absolute atomic E-state index is 0.0748. The number of nitro groups is 1. The third-order valence-corrected chi connectivity index (χ3v) is 6.54. The summed E-state index contributed by atoms with van der Waals surface area (Å²) < 4.78 is 32.2. The van der Waals surface area contributed by atoms with Gasteiger partial charge in [-0.05, 0) is 43.2 Å². The van der Waals surface area contributed by atoms with E-state index in [9.17, 15) is 18.5 Å². The van der Waals surface area contributed by atoms with E-state index in [0.717, 1.165) is 18.9 Å². The lowest BCUT2D eigenvalue weighted by molar-refractivity contribution is -0.384. The molecule has 0 saturated carbocycles. The summed E-state index contributed by atoms with van der Waals surface area (Å²) in [7, 11) is -3.73. The number of hydrogen-bond donors (Lipinski definition) is 1. The van der Waals surface area contributed by atoms with E-state index in [0.29, 0.717) is 35.8 Å². The van der Waals surface area contributed by atoms with Gasteiger partial charge in [-0.25, -0.2) is 13.4 Å². The molecule has 4 rings (SSSR count). The molecule has 0 aliphatic carbocycles. The number of hydrogen-bond acceptors (Lipinski definition) is 7. The maximum atomic E-state index is 12.7. The van der Waals surface area contributed by atoms with Crippen molar-refractivity contribution >= 4 is 38.2 Å². The van der Waals surface area contributed by atoms with Crippen LogP contribution in [0.25, 0.3) is 11.1 Å². The second kappa shape index (κ2) is 6.88. The number of nitrogens with zero attached hydrogens (tertiary/aromatic N) is 3. The van der Waals surface area contributed by atoms with Gasteiger partial charge in [-0.15, -0.1) is 0 Å². The van der Waals surface area contributed by atoms with Crippen molar-refractivity contribution in [3.63, 3.8) is 0 Å². The average Bonchev–Trinajstić information content (AvgIpc) is 3.30. The molecule has 28 heavy (non-hydrogen) atoms. The summed E-state index contributed by atoms with van der Waals surface area (Å²) in [5, 5.41) is 14.5. The van der Waals surface area contributed by atoms with Gasteiger partial charge in [0.25, 0.3) is 5.69 Å². The lowest BCUT2D eigenvalue weighted by atomic mass is 10.2. The molecule has 10 heteroatoms. The van der Waals surface area contributed by atoms with Gasteiger partial charge in [0.05, 0.1) is 9.82 Å². The zero-order valence-electron chi connectivity index (χ0n) is 15.1. The molecule has 9 nitrogen and oxygen atoms in total. The highest BCUT2D eigenvalue weighted by molar-refractivity contribution is 7.89. The van der Waals surface area contributed by atoms with Crippen LogP contribution in [0.3, 0.4) is 0 Å². The SMILES string of the molecule is Cc1nc2cc(Nc3ccc(S(=O)(=O)N4CCCC4)cc3[N+](=O)[O-])ccc2o1. The van der Waals surface area contributed by atoms with Crippen LogP contribution >= 0.6 is 0 Å². The maximum absolute atomic E-state index is 12.7. The highest BCUT2D eigenvalue weighted by Crippen LogP contribution is 2.32. The fraction of sp³-hybridized carbons (Fsp3) is 0.278. The number of fused-ring (bicyclic) bond motifs is 1. The lowest BCUT2D eigenvalue weighted by Crippen LogP contribution is -2.27. The Balaban J connectivity index is 1.69. The van der Waals surface area contributed by atoms with Crippen molar-refractivity contribution in [3.05, 3.63) is 52.4 Å². The Kier molecular flexibility index (Phi) is 4.52. The van der Waals surface area contributed by atoms with Crippen LogP contribution in [-0.4, -0.2) is 35.7 Å². The number of sulfonamides is 1. The van der Waals surface area contributed by atoms with Crippen molar-refractivity contribution < 1.29 is 17.8 Å². The van der Waals surface area contributed by atoms with E-state index in [4.69, 9.17) is 4.42 Å². The van der Waals surface area contributed by atoms with Crippen LogP contribution < -0.4 is 5.32 Å². The van der Waals surface area contributed by atoms with Crippen molar-refractivity contribution in [2.45, 2.75) is 24.7 Å². The maximum Gasteiger partial charge on any atom is 0.294 e. The highest BCUT2D eigenvalue weighted by atomic mass is 32.2. The quantitative estimate of drug-likeness (QED) is 0.512. The molecular formula is C18H18N4O5S. The van der Waals surface area contributed by atoms with Crippen LogP contribution in [0.5, 0.6) is 0 Å². The summed E-state index contributed by atoms with van der Waals surface area (Å²) in [4.78, 5) is 15.1. The van der Waals surface area contributed by atoms with Crippen molar-refractivity contribution in [3.8, 4) is 0 Å². The number of oxazole rings is 1. The van der Waals surface area contributed by atoms with Crippen LogP contribution in [0, 0.1) is 17.0 Å². The molecule has 0 unspecified atom stereocenters. The van der Waals surface area contributed by atoms with E-state index >= 15 is 0 Å². The van der Waals surface area contributed by atoms with Gasteiger partial charge in [0.15, 0.2) is 11.5 Å². The predicted octanol–water partition coefficient (Wildman–Crippen LogP) is 3.57. The molecule has 0 atom stereocenters. The first kappa shape index (κ1) is 18.4. The van der Waals surface area contributed by atoms with Gasteiger partial charge in [0.2, 0.25) is 10.0 Å². The minimum atomic E-state index is -3.73. The van der Waals surface area contributed by atoms with E-state index in [1.54, 1.807) is 25.1 Å². The van der Waals surface area contributed by atoms with Gasteiger partial charge in [-0.2, -0.15) is 4.31 Å². The van der Waals surface area contributed by atoms with E-state index < -0.39 is 14.9 Å². The van der Waals surface area contributed by atoms with E-state index in [-0.39, 0.29) is 16.3 Å². The van der Waals surface area contributed by atoms with Gasteiger partial charge in [-0.3, -0.25) is 10.1 Å². The first-order valence-electron chi connectivity index (χ1n) is 8.77. The zero-order chi connectivity index (χ0) is 19.9. The van der Waals surface area contributed by atoms with E-state index in [2.05, 4.69) is 10.3 Å². The number of aryl methyl sites for hydroxylation is 1. The Hall–Kier alpha value is -2.98. The summed E-state index contributed by atoms with van der Waals surface area (Å²) in [6, 6.07) is 9.06. The van der Waals surface area contributed by atoms with Gasteiger partial charge in [-0.1, -0.05) is 0 Å². The third-order valence-electron chi connectivity index (χ3n) is 4.64. The van der Waals surface area contributed by atoms with Crippen molar-refractivity contribution in [2.24, 2.45) is 0 Å². The zero-order valence-corrected chi connectivity index (χ0v) is 15.9. The summed E-state index contributed by atoms with van der Waals surface area (Å²) in [5.74, 6) is 0.523. The van der Waals surface area contributed by atoms with Crippen LogP contribution in [0.15, 0.2) is 45.7 Å². The second-order valence-corrected chi connectivity index (χ2v) is 8.53. The van der Waals surface area contributed by atoms with Crippen molar-refractivity contribution in [2.75, 3.05) is 18.4 Å². The molecule has 1 saturated heterocycles. The molecule has 3 aromatic rings. The Morgan fingerprint density at radius 1 is 1.18 bits per heavy atom. The fourth-order valence-electron chi connectivity index (χ4n) is 3.28. The number of nitrogens with one attached hydrogen (secondary N) is 1. The standard InChI is InChI=1S/C18H18N4O5S/c1-12-19-16-10-13(4-7-18(16)27-12)20-15-6-5-14(11-17(15)22(23)24)28(25,26)21-8-2-3-9-21/h4-7,10-11,20H,2-3,8-9H2,1H3. The van der Waals surface area contributed by atoms with Gasteiger partial charge in [0.1, 0.15) is 11.2 Å². The van der Waals surface area contributed by atoms with Gasteiger partial charge in [0, 0.05) is 31.8 Å². The molecular weight excluding hydrogens is 384 g/mol. The molecule has 1 N–H and O–H groups in total. The first-order chi connectivity index (χ1) is 13.3. The monoisotopic (exact) mass is 402 g/mol. The molecule has 2 aromatic carbocycles. The van der Waals surface area contributed by atoms with Crippen molar-refractivity contribution in [1.82, 2.24) is 9.29 Å². The molecule has 1 aromatic heterocycles. The van der Waals surface area contributed by atoms with Gasteiger partial charge < -0.3 is 9.73 Å². The Bertz CT molecular complexity index is 1170. The number of anilines is 2. The predicted molar refractivity (Wildman–Crippen MR) is 103 cm³/mol. The van der Waals surface area contributed by atoms with Crippen LogP contribution in [0.1, 0.15) is 18.7 Å². The Morgan fingerprint density at radius 3 is 2.64 bits per heavy atom. The van der Waals surface area contributed by atoms with Crippen LogP contribution in [0.2, 0.25) is 0 Å². The highest BCUT2D eigenvalue weighted by Gasteiger charge is 2.29. The number of rotatable bonds is 5. The molecule has 1 fully saturated rings. The molecule has 2 heterocycles. The summed E-state index contributed by atoms with van der Waals surface area (Å²) >= 11 is 0. The van der Waals surface area contributed by atoms with Crippen LogP contribution in [0.4, 0.5) is 17.1 Å². The lowest BCUT2D eigenvalue weighted by Gasteiger charge is -2.16. The summed E-state index contributed by atoms with van der Waals surface area (Å²) in [5.41, 5.74) is 1.71. The number of benzene rings is 2. The van der Waals surface area contributed by atoms with E-state index in [1.165, 1.54) is 16.4 Å². The topological polar surface area (TPSA) is 119 Å². The average molecular weight is 402 g/mol. The summed E-state index contributed by atoms with van der Waals surface area (Å²) in [6.45, 7) is 2.61. The van der Waals surface area contributed by atoms with Crippen molar-refractivity contribution in [1.29, 1.82) is 0 Å². The minimum Gasteiger partial charge on any atom is -0.441 e. The molecule has 1 aliphatic rings. The molecule has 0 bridgehead atoms. The second-order valence-electron chi connectivity index (χ2n) is 6.59. The normalized spacial score (nSPS) is 15.2. The molecule has 0 radical (unpaired) electrons. The Morgan fingerprint density at radius 2 is 1.93 bits per heavy atom. The molecule has 1 aliphatic heterocycles. The molecule has 0 amide bonds. The summed E-state index contributed by atoms with van der Waals surface area (Å²) in [6.07, 6.45) is 1.59. The Labute approximate surface area is 161 Å². The molecule has 0 spiro atoms. The van der Waals surface area contributed by atoms with Gasteiger partial charge >= 0.3 is 0 Å². The third kappa shape index (κ3) is 3.32. The van der Waals surface area contributed by atoms with E-state index in [1.807, 2.05) is 0 Å². The molecule has 146 valence electrons. The first-order valence-corrected chi connectivity index (χ1v) is 10.2. The smallest absolute Gasteiger partial charge is 0.294 e. The van der Waals surface area contributed by atoms with Crippen LogP contribution in [-0.2, 0) is 10.0 Å². The fourth-order valence-corrected chi connectivity index (χ4v) is 4.82. The number of nitro benzene ring substituents is 1. The number of aromatic nitrogens is 1. The largest absolute Gasteiger partial charge is 0.441 e.